The molecule has 0 aromatic heterocycles. The zero-order chi connectivity index (χ0) is 12.5. The van der Waals surface area contributed by atoms with E-state index in [-0.39, 0.29) is 5.41 Å². The minimum Gasteiger partial charge on any atom is -0.381 e. The highest BCUT2D eigenvalue weighted by Gasteiger charge is 2.49. The Morgan fingerprint density at radius 2 is 1.76 bits per heavy atom. The van der Waals surface area contributed by atoms with Crippen LogP contribution in [0, 0.1) is 5.41 Å². The van der Waals surface area contributed by atoms with Gasteiger partial charge in [0.05, 0.1) is 12.2 Å². The summed E-state index contributed by atoms with van der Waals surface area (Å²) in [5.41, 5.74) is 0.254. The average molecular weight is 241 g/mol. The lowest BCUT2D eigenvalue weighted by molar-refractivity contribution is -0.107. The fourth-order valence-corrected chi connectivity index (χ4v) is 3.40. The Bertz CT molecular complexity index is 255. The van der Waals surface area contributed by atoms with Crippen LogP contribution in [-0.4, -0.2) is 38.5 Å². The summed E-state index contributed by atoms with van der Waals surface area (Å²) in [5.74, 6) is 0. The van der Waals surface area contributed by atoms with E-state index in [1.165, 1.54) is 25.7 Å². The molecule has 0 amide bonds. The van der Waals surface area contributed by atoms with Gasteiger partial charge in [0, 0.05) is 31.7 Å². The predicted octanol–water partition coefficient (Wildman–Crippen LogP) is 2.35. The summed E-state index contributed by atoms with van der Waals surface area (Å²) in [5, 5.41) is 3.81. The lowest BCUT2D eigenvalue weighted by atomic mass is 9.64. The normalized spacial score (nSPS) is 40.9. The first kappa shape index (κ1) is 13.3. The van der Waals surface area contributed by atoms with Crippen molar-refractivity contribution in [1.29, 1.82) is 0 Å². The summed E-state index contributed by atoms with van der Waals surface area (Å²) >= 11 is 0. The van der Waals surface area contributed by atoms with Gasteiger partial charge in [-0.15, -0.1) is 0 Å². The maximum atomic E-state index is 5.60. The van der Waals surface area contributed by atoms with Crippen LogP contribution in [0.5, 0.6) is 0 Å². The second kappa shape index (κ2) is 5.25. The largest absolute Gasteiger partial charge is 0.381 e. The molecule has 0 spiro atoms. The van der Waals surface area contributed by atoms with E-state index in [1.54, 1.807) is 0 Å². The Morgan fingerprint density at radius 3 is 2.35 bits per heavy atom. The molecule has 0 radical (unpaired) electrons. The Labute approximate surface area is 105 Å². The molecule has 0 saturated heterocycles. The highest BCUT2D eigenvalue weighted by molar-refractivity contribution is 5.04. The van der Waals surface area contributed by atoms with E-state index in [9.17, 15) is 0 Å². The molecule has 4 unspecified atom stereocenters. The molecular formula is C14H27NO2. The summed E-state index contributed by atoms with van der Waals surface area (Å²) in [4.78, 5) is 0. The van der Waals surface area contributed by atoms with Crippen molar-refractivity contribution >= 4 is 0 Å². The molecule has 0 aliphatic heterocycles. The van der Waals surface area contributed by atoms with Crippen molar-refractivity contribution in [3.05, 3.63) is 0 Å². The fraction of sp³-hybridized carbons (Fsp3) is 1.00. The van der Waals surface area contributed by atoms with Crippen LogP contribution >= 0.6 is 0 Å². The topological polar surface area (TPSA) is 30.5 Å². The highest BCUT2D eigenvalue weighted by Crippen LogP contribution is 2.43. The lowest BCUT2D eigenvalue weighted by Crippen LogP contribution is -2.64. The minimum absolute atomic E-state index is 0.254. The Balaban J connectivity index is 1.88. The third-order valence-corrected chi connectivity index (χ3v) is 4.88. The Hall–Kier alpha value is -0.120. The quantitative estimate of drug-likeness (QED) is 0.819. The van der Waals surface area contributed by atoms with Gasteiger partial charge in [-0.1, -0.05) is 26.7 Å². The van der Waals surface area contributed by atoms with E-state index < -0.39 is 0 Å². The number of hydrogen-bond donors (Lipinski definition) is 1. The average Bonchev–Trinajstić information content (AvgIpc) is 2.34. The molecular weight excluding hydrogens is 214 g/mol. The Kier molecular flexibility index (Phi) is 4.11. The molecule has 100 valence electrons. The van der Waals surface area contributed by atoms with E-state index in [2.05, 4.69) is 19.2 Å². The van der Waals surface area contributed by atoms with Gasteiger partial charge in [0.25, 0.3) is 0 Å². The molecule has 3 nitrogen and oxygen atoms in total. The summed E-state index contributed by atoms with van der Waals surface area (Å²) in [7, 11) is 3.66. The molecule has 0 aromatic carbocycles. The first-order valence-corrected chi connectivity index (χ1v) is 6.91. The maximum Gasteiger partial charge on any atom is 0.0724 e. The monoisotopic (exact) mass is 241 g/mol. The molecule has 17 heavy (non-hydrogen) atoms. The summed E-state index contributed by atoms with van der Waals surface area (Å²) < 4.78 is 11.1. The van der Waals surface area contributed by atoms with Crippen molar-refractivity contribution in [2.75, 3.05) is 14.2 Å². The molecule has 3 heteroatoms. The predicted molar refractivity (Wildman–Crippen MR) is 69.2 cm³/mol. The standard InChI is InChI=1S/C14H27NO2/c1-14(2)12(9-13(14)17-4)15-10-7-5-6-8-11(10)16-3/h10-13,15H,5-9H2,1-4H3. The number of rotatable bonds is 4. The first-order chi connectivity index (χ1) is 8.09. The van der Waals surface area contributed by atoms with Gasteiger partial charge < -0.3 is 14.8 Å². The van der Waals surface area contributed by atoms with E-state index in [4.69, 9.17) is 9.47 Å². The molecule has 2 fully saturated rings. The van der Waals surface area contributed by atoms with Crippen LogP contribution < -0.4 is 5.32 Å². The van der Waals surface area contributed by atoms with Crippen molar-refractivity contribution in [2.45, 2.75) is 70.2 Å². The second-order valence-corrected chi connectivity index (χ2v) is 6.17. The van der Waals surface area contributed by atoms with Gasteiger partial charge in [-0.2, -0.15) is 0 Å². The zero-order valence-electron chi connectivity index (χ0n) is 11.7. The molecule has 2 aliphatic carbocycles. The van der Waals surface area contributed by atoms with Crippen molar-refractivity contribution in [1.82, 2.24) is 5.32 Å². The SMILES string of the molecule is COC1CCCCC1NC1CC(OC)C1(C)C. The molecule has 0 heterocycles. The van der Waals surface area contributed by atoms with E-state index in [1.807, 2.05) is 14.2 Å². The smallest absolute Gasteiger partial charge is 0.0724 e. The Morgan fingerprint density at radius 1 is 1.06 bits per heavy atom. The van der Waals surface area contributed by atoms with Gasteiger partial charge >= 0.3 is 0 Å². The second-order valence-electron chi connectivity index (χ2n) is 6.17. The highest BCUT2D eigenvalue weighted by atomic mass is 16.5. The van der Waals surface area contributed by atoms with Crippen LogP contribution in [0.3, 0.4) is 0 Å². The number of methoxy groups -OCH3 is 2. The van der Waals surface area contributed by atoms with Gasteiger partial charge in [-0.3, -0.25) is 0 Å². The van der Waals surface area contributed by atoms with E-state index in [0.29, 0.717) is 24.3 Å². The minimum atomic E-state index is 0.254. The van der Waals surface area contributed by atoms with Crippen molar-refractivity contribution < 1.29 is 9.47 Å². The molecule has 1 N–H and O–H groups in total. The number of hydrogen-bond acceptors (Lipinski definition) is 3. The van der Waals surface area contributed by atoms with Crippen LogP contribution in [0.4, 0.5) is 0 Å². The molecule has 4 atom stereocenters. The molecule has 2 saturated carbocycles. The van der Waals surface area contributed by atoms with Crippen LogP contribution in [-0.2, 0) is 9.47 Å². The third-order valence-electron chi connectivity index (χ3n) is 4.88. The fourth-order valence-electron chi connectivity index (χ4n) is 3.40. The van der Waals surface area contributed by atoms with Gasteiger partial charge in [0.15, 0.2) is 0 Å². The molecule has 0 aromatic rings. The first-order valence-electron chi connectivity index (χ1n) is 6.91. The van der Waals surface area contributed by atoms with E-state index in [0.717, 1.165) is 6.42 Å². The summed E-state index contributed by atoms with van der Waals surface area (Å²) in [6, 6.07) is 1.11. The lowest BCUT2D eigenvalue weighted by Gasteiger charge is -2.53. The van der Waals surface area contributed by atoms with E-state index >= 15 is 0 Å². The summed E-state index contributed by atoms with van der Waals surface area (Å²) in [6.07, 6.45) is 7.05. The van der Waals surface area contributed by atoms with Gasteiger partial charge in [0.2, 0.25) is 0 Å². The van der Waals surface area contributed by atoms with Crippen LogP contribution in [0.15, 0.2) is 0 Å². The molecule has 2 rings (SSSR count). The molecule has 2 aliphatic rings. The van der Waals surface area contributed by atoms with Crippen LogP contribution in [0.25, 0.3) is 0 Å². The van der Waals surface area contributed by atoms with Crippen molar-refractivity contribution in [3.8, 4) is 0 Å². The number of nitrogens with one attached hydrogen (secondary N) is 1. The van der Waals surface area contributed by atoms with Crippen molar-refractivity contribution in [2.24, 2.45) is 5.41 Å². The third kappa shape index (κ3) is 2.51. The van der Waals surface area contributed by atoms with Crippen LogP contribution in [0.1, 0.15) is 46.0 Å². The van der Waals surface area contributed by atoms with Gasteiger partial charge in [0.1, 0.15) is 0 Å². The number of ether oxygens (including phenoxy) is 2. The zero-order valence-corrected chi connectivity index (χ0v) is 11.7. The van der Waals surface area contributed by atoms with Crippen LogP contribution in [0.2, 0.25) is 0 Å². The van der Waals surface area contributed by atoms with Gasteiger partial charge in [-0.25, -0.2) is 0 Å². The van der Waals surface area contributed by atoms with Crippen molar-refractivity contribution in [3.63, 3.8) is 0 Å². The summed E-state index contributed by atoms with van der Waals surface area (Å²) in [6.45, 7) is 4.60. The maximum absolute atomic E-state index is 5.60. The van der Waals surface area contributed by atoms with Gasteiger partial charge in [-0.05, 0) is 19.3 Å². The molecule has 0 bridgehead atoms.